The van der Waals surface area contributed by atoms with Crippen LogP contribution >= 0.6 is 15.9 Å². The van der Waals surface area contributed by atoms with E-state index in [9.17, 15) is 9.59 Å². The third-order valence-electron chi connectivity index (χ3n) is 3.49. The molecule has 0 unspecified atom stereocenters. The van der Waals surface area contributed by atoms with Crippen LogP contribution in [0.1, 0.15) is 39.2 Å². The SMILES string of the molecule is CC(=O)N(CCC(=O)Nc1ccc(C)c(Br)c1)CCC(C)C. The highest BCUT2D eigenvalue weighted by Gasteiger charge is 2.12. The van der Waals surface area contributed by atoms with Gasteiger partial charge < -0.3 is 10.2 Å². The average Bonchev–Trinajstić information content (AvgIpc) is 2.42. The molecule has 0 aliphatic heterocycles. The van der Waals surface area contributed by atoms with Gasteiger partial charge >= 0.3 is 0 Å². The maximum atomic E-state index is 12.0. The fourth-order valence-corrected chi connectivity index (χ4v) is 2.35. The zero-order valence-electron chi connectivity index (χ0n) is 13.8. The van der Waals surface area contributed by atoms with Crippen molar-refractivity contribution in [3.63, 3.8) is 0 Å². The number of benzene rings is 1. The van der Waals surface area contributed by atoms with Crippen LogP contribution in [-0.2, 0) is 9.59 Å². The van der Waals surface area contributed by atoms with Crippen molar-refractivity contribution in [2.75, 3.05) is 18.4 Å². The van der Waals surface area contributed by atoms with E-state index in [1.165, 1.54) is 0 Å². The fraction of sp³-hybridized carbons (Fsp3) is 0.529. The molecule has 2 amide bonds. The van der Waals surface area contributed by atoms with Crippen molar-refractivity contribution < 1.29 is 9.59 Å². The molecule has 0 aliphatic rings. The van der Waals surface area contributed by atoms with E-state index in [0.29, 0.717) is 25.4 Å². The lowest BCUT2D eigenvalue weighted by Crippen LogP contribution is -2.33. The Morgan fingerprint density at radius 2 is 1.95 bits per heavy atom. The minimum Gasteiger partial charge on any atom is -0.342 e. The Bertz CT molecular complexity index is 529. The topological polar surface area (TPSA) is 49.4 Å². The number of carbonyl (C=O) groups is 2. The molecule has 0 atom stereocenters. The van der Waals surface area contributed by atoms with Gasteiger partial charge in [0.05, 0.1) is 0 Å². The Hall–Kier alpha value is -1.36. The molecule has 122 valence electrons. The Labute approximate surface area is 141 Å². The smallest absolute Gasteiger partial charge is 0.226 e. The number of nitrogens with one attached hydrogen (secondary N) is 1. The monoisotopic (exact) mass is 368 g/mol. The number of hydrogen-bond acceptors (Lipinski definition) is 2. The zero-order valence-corrected chi connectivity index (χ0v) is 15.4. The summed E-state index contributed by atoms with van der Waals surface area (Å²) in [6.45, 7) is 8.96. The molecule has 0 aromatic heterocycles. The van der Waals surface area contributed by atoms with Gasteiger partial charge in [0.25, 0.3) is 0 Å². The highest BCUT2D eigenvalue weighted by molar-refractivity contribution is 9.10. The largest absolute Gasteiger partial charge is 0.342 e. The van der Waals surface area contributed by atoms with Crippen LogP contribution in [0.15, 0.2) is 22.7 Å². The van der Waals surface area contributed by atoms with Crippen molar-refractivity contribution in [2.45, 2.75) is 40.5 Å². The predicted molar refractivity (Wildman–Crippen MR) is 93.8 cm³/mol. The van der Waals surface area contributed by atoms with E-state index in [1.54, 1.807) is 11.8 Å². The molecule has 0 saturated heterocycles. The lowest BCUT2D eigenvalue weighted by molar-refractivity contribution is -0.129. The van der Waals surface area contributed by atoms with Crippen LogP contribution in [-0.4, -0.2) is 29.8 Å². The van der Waals surface area contributed by atoms with Gasteiger partial charge in [0.1, 0.15) is 0 Å². The first-order valence-corrected chi connectivity index (χ1v) is 8.40. The van der Waals surface area contributed by atoms with Gasteiger partial charge in [-0.25, -0.2) is 0 Å². The van der Waals surface area contributed by atoms with Crippen LogP contribution < -0.4 is 5.32 Å². The van der Waals surface area contributed by atoms with Crippen LogP contribution in [0.5, 0.6) is 0 Å². The summed E-state index contributed by atoms with van der Waals surface area (Å²) in [7, 11) is 0. The molecule has 1 N–H and O–H groups in total. The summed E-state index contributed by atoms with van der Waals surface area (Å²) in [4.78, 5) is 25.3. The second-order valence-corrected chi connectivity index (χ2v) is 6.81. The van der Waals surface area contributed by atoms with Crippen molar-refractivity contribution in [2.24, 2.45) is 5.92 Å². The lowest BCUT2D eigenvalue weighted by Gasteiger charge is -2.21. The maximum Gasteiger partial charge on any atom is 0.226 e. The van der Waals surface area contributed by atoms with E-state index in [2.05, 4.69) is 35.1 Å². The van der Waals surface area contributed by atoms with Gasteiger partial charge in [-0.05, 0) is 37.0 Å². The minimum atomic E-state index is -0.0773. The van der Waals surface area contributed by atoms with Crippen LogP contribution in [0.3, 0.4) is 0 Å². The van der Waals surface area contributed by atoms with Crippen LogP contribution in [0.25, 0.3) is 0 Å². The normalized spacial score (nSPS) is 10.6. The first-order chi connectivity index (χ1) is 10.3. The summed E-state index contributed by atoms with van der Waals surface area (Å²) >= 11 is 3.45. The molecule has 1 rings (SSSR count). The van der Waals surface area contributed by atoms with Gasteiger partial charge in [0.15, 0.2) is 0 Å². The van der Waals surface area contributed by atoms with Crippen LogP contribution in [0.2, 0.25) is 0 Å². The zero-order chi connectivity index (χ0) is 16.7. The summed E-state index contributed by atoms with van der Waals surface area (Å²) in [5.74, 6) is 0.485. The number of amides is 2. The van der Waals surface area contributed by atoms with E-state index in [1.807, 2.05) is 25.1 Å². The molecular weight excluding hydrogens is 344 g/mol. The Balaban J connectivity index is 2.49. The number of aryl methyl sites for hydroxylation is 1. The minimum absolute atomic E-state index is 0.0199. The van der Waals surface area contributed by atoms with Crippen molar-refractivity contribution in [3.05, 3.63) is 28.2 Å². The van der Waals surface area contributed by atoms with Crippen molar-refractivity contribution in [1.29, 1.82) is 0 Å². The van der Waals surface area contributed by atoms with Gasteiger partial charge in [-0.2, -0.15) is 0 Å². The molecule has 22 heavy (non-hydrogen) atoms. The quantitative estimate of drug-likeness (QED) is 0.790. The third-order valence-corrected chi connectivity index (χ3v) is 4.34. The number of carbonyl (C=O) groups excluding carboxylic acids is 2. The number of hydrogen-bond donors (Lipinski definition) is 1. The molecule has 1 aromatic carbocycles. The van der Waals surface area contributed by atoms with Crippen LogP contribution in [0, 0.1) is 12.8 Å². The second-order valence-electron chi connectivity index (χ2n) is 5.95. The molecule has 0 aliphatic carbocycles. The molecule has 0 fully saturated rings. The Kier molecular flexibility index (Phi) is 7.59. The summed E-state index contributed by atoms with van der Waals surface area (Å²) in [6.07, 6.45) is 1.26. The molecule has 0 heterocycles. The van der Waals surface area contributed by atoms with Gasteiger partial charge in [-0.15, -0.1) is 0 Å². The van der Waals surface area contributed by atoms with E-state index in [-0.39, 0.29) is 11.8 Å². The fourth-order valence-electron chi connectivity index (χ4n) is 1.97. The first kappa shape index (κ1) is 18.7. The first-order valence-electron chi connectivity index (χ1n) is 7.61. The third kappa shape index (κ3) is 6.60. The summed E-state index contributed by atoms with van der Waals surface area (Å²) < 4.78 is 0.965. The van der Waals surface area contributed by atoms with Crippen molar-refractivity contribution >= 4 is 33.4 Å². The van der Waals surface area contributed by atoms with Crippen LogP contribution in [0.4, 0.5) is 5.69 Å². The number of anilines is 1. The molecular formula is C17H25BrN2O2. The molecule has 1 aromatic rings. The average molecular weight is 369 g/mol. The molecule has 5 heteroatoms. The molecule has 4 nitrogen and oxygen atoms in total. The standard InChI is InChI=1S/C17H25BrN2O2/c1-12(2)7-9-20(14(4)21)10-8-17(22)19-15-6-5-13(3)16(18)11-15/h5-6,11-12H,7-10H2,1-4H3,(H,19,22). The van der Waals surface area contributed by atoms with E-state index in [0.717, 1.165) is 22.1 Å². The molecule has 0 saturated carbocycles. The van der Waals surface area contributed by atoms with Gasteiger partial charge in [-0.1, -0.05) is 35.8 Å². The number of nitrogens with zero attached hydrogens (tertiary/aromatic N) is 1. The van der Waals surface area contributed by atoms with Gasteiger partial charge in [-0.3, -0.25) is 9.59 Å². The molecule has 0 bridgehead atoms. The van der Waals surface area contributed by atoms with Gasteiger partial charge in [0.2, 0.25) is 11.8 Å². The predicted octanol–water partition coefficient (Wildman–Crippen LogP) is 3.98. The Morgan fingerprint density at radius 3 is 2.50 bits per heavy atom. The van der Waals surface area contributed by atoms with Gasteiger partial charge in [0, 0.05) is 36.6 Å². The summed E-state index contributed by atoms with van der Waals surface area (Å²) in [5.41, 5.74) is 1.88. The second kappa shape index (κ2) is 8.93. The summed E-state index contributed by atoms with van der Waals surface area (Å²) in [6, 6.07) is 5.71. The maximum absolute atomic E-state index is 12.0. The highest BCUT2D eigenvalue weighted by Crippen LogP contribution is 2.20. The lowest BCUT2D eigenvalue weighted by atomic mass is 10.1. The van der Waals surface area contributed by atoms with Crippen molar-refractivity contribution in [3.8, 4) is 0 Å². The summed E-state index contributed by atoms with van der Waals surface area (Å²) in [5, 5.41) is 2.86. The van der Waals surface area contributed by atoms with E-state index in [4.69, 9.17) is 0 Å². The number of halogens is 1. The Morgan fingerprint density at radius 1 is 1.27 bits per heavy atom. The highest BCUT2D eigenvalue weighted by atomic mass is 79.9. The molecule has 0 radical (unpaired) electrons. The van der Waals surface area contributed by atoms with E-state index < -0.39 is 0 Å². The van der Waals surface area contributed by atoms with E-state index >= 15 is 0 Å². The number of rotatable bonds is 7. The molecule has 0 spiro atoms. The van der Waals surface area contributed by atoms with Crippen molar-refractivity contribution in [1.82, 2.24) is 4.90 Å².